The van der Waals surface area contributed by atoms with Gasteiger partial charge < -0.3 is 14.8 Å². The maximum atomic E-state index is 12.3. The van der Waals surface area contributed by atoms with Crippen molar-refractivity contribution in [2.75, 3.05) is 13.2 Å². The zero-order chi connectivity index (χ0) is 15.4. The van der Waals surface area contributed by atoms with Crippen LogP contribution in [0.5, 0.6) is 5.88 Å². The summed E-state index contributed by atoms with van der Waals surface area (Å²) in [4.78, 5) is 16.4. The molecular weight excluding hydrogens is 304 g/mol. The summed E-state index contributed by atoms with van der Waals surface area (Å²) in [6.07, 6.45) is 8.08. The minimum Gasteiger partial charge on any atom is -0.471 e. The summed E-state index contributed by atoms with van der Waals surface area (Å²) < 4.78 is 10.9. The number of ether oxygens (including phenoxy) is 2. The van der Waals surface area contributed by atoms with Crippen molar-refractivity contribution >= 4 is 17.5 Å². The van der Waals surface area contributed by atoms with Crippen LogP contribution in [0.25, 0.3) is 0 Å². The zero-order valence-electron chi connectivity index (χ0n) is 12.5. The third kappa shape index (κ3) is 3.90. The molecule has 2 aliphatic rings. The Hall–Kier alpha value is -1.33. The molecule has 1 aliphatic carbocycles. The average molecular weight is 325 g/mol. The zero-order valence-corrected chi connectivity index (χ0v) is 13.3. The Morgan fingerprint density at radius 2 is 2.14 bits per heavy atom. The fourth-order valence-corrected chi connectivity index (χ4v) is 3.13. The Morgan fingerprint density at radius 1 is 1.32 bits per heavy atom. The second-order valence-corrected chi connectivity index (χ2v) is 6.33. The molecule has 0 spiro atoms. The maximum Gasteiger partial charge on any atom is 0.253 e. The number of hydrogen-bond acceptors (Lipinski definition) is 4. The number of amides is 1. The number of nitrogens with one attached hydrogen (secondary N) is 1. The summed E-state index contributed by atoms with van der Waals surface area (Å²) in [6, 6.07) is 1.89. The van der Waals surface area contributed by atoms with Gasteiger partial charge >= 0.3 is 0 Å². The van der Waals surface area contributed by atoms with Gasteiger partial charge in [0, 0.05) is 18.7 Å². The normalized spacial score (nSPS) is 22.5. The van der Waals surface area contributed by atoms with Crippen LogP contribution in [0, 0.1) is 0 Å². The van der Waals surface area contributed by atoms with Crippen molar-refractivity contribution in [3.8, 4) is 5.88 Å². The molecule has 3 rings (SSSR count). The number of halogens is 1. The Kier molecular flexibility index (Phi) is 5.16. The quantitative estimate of drug-likeness (QED) is 0.925. The van der Waals surface area contributed by atoms with E-state index in [2.05, 4.69) is 10.3 Å². The van der Waals surface area contributed by atoms with Gasteiger partial charge in [-0.2, -0.15) is 0 Å². The third-order valence-electron chi connectivity index (χ3n) is 4.18. The highest BCUT2D eigenvalue weighted by atomic mass is 35.5. The van der Waals surface area contributed by atoms with E-state index in [0.717, 1.165) is 19.3 Å². The Morgan fingerprint density at radius 3 is 2.82 bits per heavy atom. The van der Waals surface area contributed by atoms with Crippen LogP contribution in [0.2, 0.25) is 5.02 Å². The van der Waals surface area contributed by atoms with Crippen molar-refractivity contribution in [3.05, 3.63) is 22.8 Å². The van der Waals surface area contributed by atoms with Crippen molar-refractivity contribution in [2.45, 2.75) is 50.7 Å². The van der Waals surface area contributed by atoms with E-state index in [0.29, 0.717) is 29.7 Å². The van der Waals surface area contributed by atoms with Gasteiger partial charge in [-0.05, 0) is 18.9 Å². The summed E-state index contributed by atoms with van der Waals surface area (Å²) in [5.74, 6) is 0.253. The first-order valence-electron chi connectivity index (χ1n) is 7.93. The molecule has 1 aliphatic heterocycles. The predicted octanol–water partition coefficient (Wildman–Crippen LogP) is 2.97. The van der Waals surface area contributed by atoms with E-state index in [1.165, 1.54) is 25.5 Å². The first-order valence-corrected chi connectivity index (χ1v) is 8.31. The molecule has 1 N–H and O–H groups in total. The second-order valence-electron chi connectivity index (χ2n) is 5.92. The van der Waals surface area contributed by atoms with Crippen LogP contribution in [0.15, 0.2) is 12.3 Å². The minimum atomic E-state index is -0.114. The molecule has 5 nitrogen and oxygen atoms in total. The highest BCUT2D eigenvalue weighted by molar-refractivity contribution is 6.32. The molecule has 22 heavy (non-hydrogen) atoms. The fraction of sp³-hybridized carbons (Fsp3) is 0.625. The molecule has 1 saturated heterocycles. The monoisotopic (exact) mass is 324 g/mol. The van der Waals surface area contributed by atoms with E-state index >= 15 is 0 Å². The number of rotatable bonds is 4. The number of aromatic nitrogens is 1. The summed E-state index contributed by atoms with van der Waals surface area (Å²) in [7, 11) is 0. The van der Waals surface area contributed by atoms with E-state index < -0.39 is 0 Å². The van der Waals surface area contributed by atoms with Gasteiger partial charge in [0.25, 0.3) is 5.91 Å². The van der Waals surface area contributed by atoms with E-state index in [-0.39, 0.29) is 18.1 Å². The van der Waals surface area contributed by atoms with Gasteiger partial charge in [0.15, 0.2) is 0 Å². The molecule has 1 unspecified atom stereocenters. The summed E-state index contributed by atoms with van der Waals surface area (Å²) in [6.45, 7) is 1.26. The topological polar surface area (TPSA) is 60.5 Å². The van der Waals surface area contributed by atoms with Gasteiger partial charge in [-0.1, -0.05) is 30.9 Å². The van der Waals surface area contributed by atoms with E-state index in [1.54, 1.807) is 6.07 Å². The third-order valence-corrected chi connectivity index (χ3v) is 4.45. The van der Waals surface area contributed by atoms with Crippen molar-refractivity contribution in [1.29, 1.82) is 0 Å². The summed E-state index contributed by atoms with van der Waals surface area (Å²) in [5.41, 5.74) is 0.477. The van der Waals surface area contributed by atoms with Gasteiger partial charge in [0.05, 0.1) is 18.8 Å². The van der Waals surface area contributed by atoms with Crippen LogP contribution in [0.4, 0.5) is 0 Å². The molecule has 120 valence electrons. The molecular formula is C16H21ClN2O3. The summed E-state index contributed by atoms with van der Waals surface area (Å²) >= 11 is 6.19. The maximum absolute atomic E-state index is 12.3. The Bertz CT molecular complexity index is 526. The molecule has 2 heterocycles. The molecule has 0 aromatic carbocycles. The number of carbonyl (C=O) groups is 1. The lowest BCUT2D eigenvalue weighted by Crippen LogP contribution is -2.36. The standard InChI is InChI=1S/C16H21ClN2O3/c17-14-8-11(15(20)19-12-4-2-1-3-5-12)9-18-16(14)22-13-6-7-21-10-13/h8-9,12-13H,1-7,10H2,(H,19,20). The van der Waals surface area contributed by atoms with Gasteiger partial charge in [-0.3, -0.25) is 4.79 Å². The highest BCUT2D eigenvalue weighted by Gasteiger charge is 2.21. The van der Waals surface area contributed by atoms with Crippen LogP contribution in [-0.2, 0) is 4.74 Å². The van der Waals surface area contributed by atoms with Crippen molar-refractivity contribution in [1.82, 2.24) is 10.3 Å². The van der Waals surface area contributed by atoms with E-state index in [4.69, 9.17) is 21.1 Å². The molecule has 2 fully saturated rings. The first kappa shape index (κ1) is 15.6. The van der Waals surface area contributed by atoms with Crippen LogP contribution in [-0.4, -0.2) is 36.3 Å². The van der Waals surface area contributed by atoms with Gasteiger partial charge in [0.2, 0.25) is 5.88 Å². The van der Waals surface area contributed by atoms with Gasteiger partial charge in [0.1, 0.15) is 11.1 Å². The molecule has 0 bridgehead atoms. The second kappa shape index (κ2) is 7.29. The lowest BCUT2D eigenvalue weighted by molar-refractivity contribution is 0.0927. The average Bonchev–Trinajstić information content (AvgIpc) is 3.03. The van der Waals surface area contributed by atoms with Crippen molar-refractivity contribution < 1.29 is 14.3 Å². The SMILES string of the molecule is O=C(NC1CCCCC1)c1cnc(OC2CCOC2)c(Cl)c1. The largest absolute Gasteiger partial charge is 0.471 e. The predicted molar refractivity (Wildman–Crippen MR) is 83.4 cm³/mol. The number of pyridine rings is 1. The smallest absolute Gasteiger partial charge is 0.253 e. The lowest BCUT2D eigenvalue weighted by atomic mass is 9.95. The summed E-state index contributed by atoms with van der Waals surface area (Å²) in [5, 5.41) is 3.42. The number of hydrogen-bond donors (Lipinski definition) is 1. The number of nitrogens with zero attached hydrogens (tertiary/aromatic N) is 1. The van der Waals surface area contributed by atoms with E-state index in [9.17, 15) is 4.79 Å². The van der Waals surface area contributed by atoms with Gasteiger partial charge in [-0.25, -0.2) is 4.98 Å². The van der Waals surface area contributed by atoms with Crippen LogP contribution in [0.3, 0.4) is 0 Å². The van der Waals surface area contributed by atoms with Crippen LogP contribution >= 0.6 is 11.6 Å². The van der Waals surface area contributed by atoms with Crippen LogP contribution in [0.1, 0.15) is 48.9 Å². The van der Waals surface area contributed by atoms with Gasteiger partial charge in [-0.15, -0.1) is 0 Å². The first-order chi connectivity index (χ1) is 10.7. The molecule has 1 saturated carbocycles. The molecule has 0 radical (unpaired) electrons. The minimum absolute atomic E-state index is 0.00749. The highest BCUT2D eigenvalue weighted by Crippen LogP contribution is 2.25. The number of carbonyl (C=O) groups excluding carboxylic acids is 1. The molecule has 1 amide bonds. The molecule has 1 aromatic heterocycles. The molecule has 1 atom stereocenters. The molecule has 1 aromatic rings. The van der Waals surface area contributed by atoms with Crippen molar-refractivity contribution in [3.63, 3.8) is 0 Å². The lowest BCUT2D eigenvalue weighted by Gasteiger charge is -2.22. The van der Waals surface area contributed by atoms with Crippen molar-refractivity contribution in [2.24, 2.45) is 0 Å². The Labute approximate surface area is 135 Å². The molecule has 6 heteroatoms. The Balaban J connectivity index is 1.61. The fourth-order valence-electron chi connectivity index (χ4n) is 2.92. The van der Waals surface area contributed by atoms with E-state index in [1.807, 2.05) is 0 Å². The van der Waals surface area contributed by atoms with Crippen LogP contribution < -0.4 is 10.1 Å².